The van der Waals surface area contributed by atoms with Crippen LogP contribution in [0.2, 0.25) is 5.02 Å². The van der Waals surface area contributed by atoms with Crippen LogP contribution in [0.3, 0.4) is 0 Å². The second kappa shape index (κ2) is 9.19. The molecule has 0 aliphatic heterocycles. The lowest BCUT2D eigenvalue weighted by Gasteiger charge is -2.10. The average molecular weight is 433 g/mol. The van der Waals surface area contributed by atoms with Crippen molar-refractivity contribution in [2.45, 2.75) is 25.6 Å². The molecule has 3 rings (SSSR count). The smallest absolute Gasteiger partial charge is 0.234 e. The molecule has 0 radical (unpaired) electrons. The molecule has 0 atom stereocenters. The van der Waals surface area contributed by atoms with Crippen LogP contribution in [0.5, 0.6) is 11.5 Å². The van der Waals surface area contributed by atoms with E-state index in [1.165, 1.54) is 29.5 Å². The lowest BCUT2D eigenvalue weighted by molar-refractivity contribution is -0.113. The van der Waals surface area contributed by atoms with Crippen molar-refractivity contribution >= 4 is 35.0 Å². The zero-order valence-corrected chi connectivity index (χ0v) is 17.8. The maximum atomic E-state index is 12.2. The highest BCUT2D eigenvalue weighted by atomic mass is 35.5. The minimum Gasteiger partial charge on any atom is -0.506 e. The number of nitrogens with one attached hydrogen (secondary N) is 1. The molecule has 7 nitrogen and oxygen atoms in total. The predicted molar refractivity (Wildman–Crippen MR) is 114 cm³/mol. The van der Waals surface area contributed by atoms with Gasteiger partial charge in [0.15, 0.2) is 11.0 Å². The van der Waals surface area contributed by atoms with E-state index in [4.69, 9.17) is 16.3 Å². The maximum Gasteiger partial charge on any atom is 0.234 e. The summed E-state index contributed by atoms with van der Waals surface area (Å²) in [4.78, 5) is 12.2. The SMILES string of the molecule is Cc1ccc(OCc2nnc(SCC(=O)Nc3cc(Cl)ccc3O)n2C)c(C)c1. The Bertz CT molecular complexity index is 1040. The van der Waals surface area contributed by atoms with Crippen LogP contribution < -0.4 is 10.1 Å². The van der Waals surface area contributed by atoms with E-state index >= 15 is 0 Å². The summed E-state index contributed by atoms with van der Waals surface area (Å²) in [6, 6.07) is 10.5. The number of aromatic hydroxyl groups is 1. The van der Waals surface area contributed by atoms with E-state index in [1.807, 2.05) is 33.0 Å². The first kappa shape index (κ1) is 21.0. The molecule has 0 fully saturated rings. The van der Waals surface area contributed by atoms with Gasteiger partial charge in [-0.15, -0.1) is 10.2 Å². The number of hydrogen-bond acceptors (Lipinski definition) is 6. The van der Waals surface area contributed by atoms with Crippen molar-refractivity contribution in [3.63, 3.8) is 0 Å². The van der Waals surface area contributed by atoms with Gasteiger partial charge in [0, 0.05) is 12.1 Å². The first-order chi connectivity index (χ1) is 13.8. The molecular formula is C20H21ClN4O3S. The Hall–Kier alpha value is -2.71. The molecule has 1 amide bonds. The van der Waals surface area contributed by atoms with Gasteiger partial charge in [-0.25, -0.2) is 0 Å². The molecule has 1 aromatic heterocycles. The number of phenols is 1. The summed E-state index contributed by atoms with van der Waals surface area (Å²) in [7, 11) is 1.82. The molecule has 0 aliphatic rings. The van der Waals surface area contributed by atoms with Gasteiger partial charge in [0.2, 0.25) is 5.91 Å². The number of rotatable bonds is 7. The van der Waals surface area contributed by atoms with E-state index in [1.54, 1.807) is 10.6 Å². The van der Waals surface area contributed by atoms with Gasteiger partial charge in [0.05, 0.1) is 11.4 Å². The van der Waals surface area contributed by atoms with Gasteiger partial charge in [-0.1, -0.05) is 41.1 Å². The van der Waals surface area contributed by atoms with Crippen LogP contribution in [0.1, 0.15) is 17.0 Å². The van der Waals surface area contributed by atoms with Crippen molar-refractivity contribution in [2.75, 3.05) is 11.1 Å². The number of ether oxygens (including phenoxy) is 1. The lowest BCUT2D eigenvalue weighted by Crippen LogP contribution is -2.14. The van der Waals surface area contributed by atoms with Gasteiger partial charge in [-0.05, 0) is 43.7 Å². The Kier molecular flexibility index (Phi) is 6.66. The number of thioether (sulfide) groups is 1. The van der Waals surface area contributed by atoms with Crippen LogP contribution >= 0.6 is 23.4 Å². The molecule has 0 unspecified atom stereocenters. The standard InChI is InChI=1S/C20H21ClN4O3S/c1-12-4-7-17(13(2)8-12)28-10-18-23-24-20(25(18)3)29-11-19(27)22-15-9-14(21)5-6-16(15)26/h4-9,26H,10-11H2,1-3H3,(H,22,27). The Labute approximate surface area is 178 Å². The number of aryl methyl sites for hydroxylation is 2. The molecule has 1 heterocycles. The van der Waals surface area contributed by atoms with Crippen LogP contribution in [-0.4, -0.2) is 31.5 Å². The number of phenolic OH excluding ortho intramolecular Hbond substituents is 1. The summed E-state index contributed by atoms with van der Waals surface area (Å²) >= 11 is 7.13. The Morgan fingerprint density at radius 1 is 1.24 bits per heavy atom. The van der Waals surface area contributed by atoms with E-state index in [0.29, 0.717) is 16.0 Å². The van der Waals surface area contributed by atoms with Crippen LogP contribution in [0.4, 0.5) is 5.69 Å². The third-order valence-corrected chi connectivity index (χ3v) is 5.43. The van der Waals surface area contributed by atoms with Crippen molar-refractivity contribution in [3.8, 4) is 11.5 Å². The molecule has 29 heavy (non-hydrogen) atoms. The zero-order chi connectivity index (χ0) is 21.0. The summed E-state index contributed by atoms with van der Waals surface area (Å²) in [5, 5.41) is 21.7. The van der Waals surface area contributed by atoms with Crippen molar-refractivity contribution in [3.05, 3.63) is 58.4 Å². The fourth-order valence-corrected chi connectivity index (χ4v) is 3.53. The minimum absolute atomic E-state index is 0.0442. The summed E-state index contributed by atoms with van der Waals surface area (Å²) in [5.74, 6) is 1.23. The Morgan fingerprint density at radius 2 is 2.03 bits per heavy atom. The number of nitrogens with zero attached hydrogens (tertiary/aromatic N) is 3. The molecular weight excluding hydrogens is 412 g/mol. The van der Waals surface area contributed by atoms with Crippen LogP contribution in [0, 0.1) is 13.8 Å². The summed E-state index contributed by atoms with van der Waals surface area (Å²) < 4.78 is 7.64. The summed E-state index contributed by atoms with van der Waals surface area (Å²) in [6.07, 6.45) is 0. The number of hydrogen-bond donors (Lipinski definition) is 2. The largest absolute Gasteiger partial charge is 0.506 e. The second-order valence-corrected chi connectivity index (χ2v) is 7.89. The number of anilines is 1. The van der Waals surface area contributed by atoms with Gasteiger partial charge in [-0.2, -0.15) is 0 Å². The normalized spacial score (nSPS) is 10.8. The third-order valence-electron chi connectivity index (χ3n) is 4.18. The Balaban J connectivity index is 1.56. The molecule has 0 bridgehead atoms. The zero-order valence-electron chi connectivity index (χ0n) is 16.3. The molecule has 2 N–H and O–H groups in total. The van der Waals surface area contributed by atoms with Gasteiger partial charge in [0.1, 0.15) is 18.1 Å². The highest BCUT2D eigenvalue weighted by Gasteiger charge is 2.13. The molecule has 0 saturated carbocycles. The number of aromatic nitrogens is 3. The van der Waals surface area contributed by atoms with Crippen molar-refractivity contribution in [1.82, 2.24) is 14.8 Å². The molecule has 0 saturated heterocycles. The van der Waals surface area contributed by atoms with E-state index in [2.05, 4.69) is 21.6 Å². The molecule has 0 spiro atoms. The van der Waals surface area contributed by atoms with Crippen LogP contribution in [0.15, 0.2) is 41.6 Å². The first-order valence-electron chi connectivity index (χ1n) is 8.83. The number of benzene rings is 2. The first-order valence-corrected chi connectivity index (χ1v) is 10.2. The number of carbonyl (C=O) groups excluding carboxylic acids is 1. The molecule has 152 valence electrons. The summed E-state index contributed by atoms with van der Waals surface area (Å²) in [6.45, 7) is 4.31. The van der Waals surface area contributed by atoms with Gasteiger partial charge >= 0.3 is 0 Å². The Morgan fingerprint density at radius 3 is 2.79 bits per heavy atom. The van der Waals surface area contributed by atoms with Gasteiger partial charge in [-0.3, -0.25) is 4.79 Å². The fourth-order valence-electron chi connectivity index (χ4n) is 2.62. The molecule has 2 aromatic carbocycles. The molecule has 9 heteroatoms. The lowest BCUT2D eigenvalue weighted by atomic mass is 10.1. The van der Waals surface area contributed by atoms with E-state index < -0.39 is 0 Å². The van der Waals surface area contributed by atoms with E-state index in [0.717, 1.165) is 11.3 Å². The minimum atomic E-state index is -0.288. The number of amides is 1. The highest BCUT2D eigenvalue weighted by Crippen LogP contribution is 2.27. The topological polar surface area (TPSA) is 89.3 Å². The van der Waals surface area contributed by atoms with Gasteiger partial charge < -0.3 is 19.7 Å². The maximum absolute atomic E-state index is 12.2. The predicted octanol–water partition coefficient (Wildman–Crippen LogP) is 4.10. The molecule has 3 aromatic rings. The van der Waals surface area contributed by atoms with E-state index in [9.17, 15) is 9.90 Å². The van der Waals surface area contributed by atoms with Crippen LogP contribution in [-0.2, 0) is 18.4 Å². The van der Waals surface area contributed by atoms with Crippen molar-refractivity contribution in [1.29, 1.82) is 0 Å². The van der Waals surface area contributed by atoms with Gasteiger partial charge in [0.25, 0.3) is 0 Å². The molecule has 0 aliphatic carbocycles. The van der Waals surface area contributed by atoms with Crippen molar-refractivity contribution in [2.24, 2.45) is 7.05 Å². The number of halogens is 1. The van der Waals surface area contributed by atoms with Crippen molar-refractivity contribution < 1.29 is 14.6 Å². The highest BCUT2D eigenvalue weighted by molar-refractivity contribution is 7.99. The van der Waals surface area contributed by atoms with Crippen LogP contribution in [0.25, 0.3) is 0 Å². The monoisotopic (exact) mass is 432 g/mol. The fraction of sp³-hybridized carbons (Fsp3) is 0.250. The second-order valence-electron chi connectivity index (χ2n) is 6.51. The van der Waals surface area contributed by atoms with E-state index in [-0.39, 0.29) is 29.7 Å². The number of carbonyl (C=O) groups is 1. The summed E-state index contributed by atoms with van der Waals surface area (Å²) in [5.41, 5.74) is 2.50. The third kappa shape index (κ3) is 5.42. The average Bonchev–Trinajstić information content (AvgIpc) is 3.02. The quantitative estimate of drug-likeness (QED) is 0.431.